The lowest BCUT2D eigenvalue weighted by molar-refractivity contribution is -0.136. The van der Waals surface area contributed by atoms with Crippen LogP contribution in [-0.2, 0) is 4.79 Å². The topological polar surface area (TPSA) is 55.8 Å². The van der Waals surface area contributed by atoms with Gasteiger partial charge in [-0.2, -0.15) is 0 Å². The summed E-state index contributed by atoms with van der Waals surface area (Å²) in [4.78, 5) is 27.0. The zero-order chi connectivity index (χ0) is 20.4. The van der Waals surface area contributed by atoms with Crippen molar-refractivity contribution in [2.24, 2.45) is 0 Å². The number of para-hydroxylation sites is 1. The van der Waals surface area contributed by atoms with Crippen LogP contribution in [-0.4, -0.2) is 41.9 Å². The summed E-state index contributed by atoms with van der Waals surface area (Å²) in [6, 6.07) is 15.3. The summed E-state index contributed by atoms with van der Waals surface area (Å²) in [6.07, 6.45) is 1.69. The number of fused-ring (bicyclic) bond motifs is 1. The quantitative estimate of drug-likeness (QED) is 0.781. The summed E-state index contributed by atoms with van der Waals surface area (Å²) in [5.41, 5.74) is 1.36. The minimum absolute atomic E-state index is 0.0250. The van der Waals surface area contributed by atoms with E-state index in [4.69, 9.17) is 9.47 Å². The number of piperidine rings is 1. The van der Waals surface area contributed by atoms with E-state index >= 15 is 0 Å². The molecule has 0 saturated carbocycles. The third-order valence-corrected chi connectivity index (χ3v) is 5.91. The molecule has 5 heteroatoms. The fourth-order valence-corrected chi connectivity index (χ4v) is 4.09. The van der Waals surface area contributed by atoms with Gasteiger partial charge in [0.1, 0.15) is 17.1 Å². The van der Waals surface area contributed by atoms with E-state index in [0.717, 1.165) is 5.75 Å². The van der Waals surface area contributed by atoms with Crippen LogP contribution in [0.4, 0.5) is 0 Å². The van der Waals surface area contributed by atoms with Gasteiger partial charge in [0.15, 0.2) is 12.4 Å². The number of Topliss-reactive ketones (excluding diaryl/α,β-unsaturated/α-hetero) is 1. The van der Waals surface area contributed by atoms with Crippen LogP contribution in [0.2, 0.25) is 0 Å². The molecule has 0 unspecified atom stereocenters. The Hall–Kier alpha value is -2.82. The van der Waals surface area contributed by atoms with Crippen molar-refractivity contribution in [3.8, 4) is 11.5 Å². The summed E-state index contributed by atoms with van der Waals surface area (Å²) in [5.74, 6) is 1.89. The van der Waals surface area contributed by atoms with Crippen LogP contribution in [0.25, 0.3) is 0 Å². The number of ketones is 1. The lowest BCUT2D eigenvalue weighted by atomic mass is 9.82. The molecule has 2 heterocycles. The van der Waals surface area contributed by atoms with E-state index < -0.39 is 5.60 Å². The fourth-order valence-electron chi connectivity index (χ4n) is 4.09. The number of carbonyl (C=O) groups is 2. The monoisotopic (exact) mass is 393 g/mol. The van der Waals surface area contributed by atoms with E-state index in [1.54, 1.807) is 0 Å². The molecule has 1 saturated heterocycles. The summed E-state index contributed by atoms with van der Waals surface area (Å²) < 4.78 is 12.0. The van der Waals surface area contributed by atoms with Gasteiger partial charge in [-0.25, -0.2) is 0 Å². The first-order valence-corrected chi connectivity index (χ1v) is 10.3. The predicted molar refractivity (Wildman–Crippen MR) is 111 cm³/mol. The SMILES string of the molecule is CC(C)c1cccc(OCC(=O)N2CCC3(CC2)CC(=O)c2ccccc2O3)c1. The van der Waals surface area contributed by atoms with E-state index in [2.05, 4.69) is 19.9 Å². The van der Waals surface area contributed by atoms with Crippen molar-refractivity contribution in [1.29, 1.82) is 0 Å². The van der Waals surface area contributed by atoms with Crippen molar-refractivity contribution >= 4 is 11.7 Å². The van der Waals surface area contributed by atoms with Crippen LogP contribution >= 0.6 is 0 Å². The molecule has 1 spiro atoms. The van der Waals surface area contributed by atoms with E-state index in [1.165, 1.54) is 5.56 Å². The van der Waals surface area contributed by atoms with Crippen molar-refractivity contribution in [2.75, 3.05) is 19.7 Å². The minimum atomic E-state index is -0.491. The molecule has 2 aromatic rings. The lowest BCUT2D eigenvalue weighted by Gasteiger charge is -2.43. The summed E-state index contributed by atoms with van der Waals surface area (Å²) in [7, 11) is 0. The smallest absolute Gasteiger partial charge is 0.260 e. The largest absolute Gasteiger partial charge is 0.486 e. The van der Waals surface area contributed by atoms with Crippen molar-refractivity contribution in [3.63, 3.8) is 0 Å². The van der Waals surface area contributed by atoms with Crippen LogP contribution in [0, 0.1) is 0 Å². The second-order valence-corrected chi connectivity index (χ2v) is 8.28. The summed E-state index contributed by atoms with van der Waals surface area (Å²) in [6.45, 7) is 5.43. The van der Waals surface area contributed by atoms with Crippen LogP contribution in [0.15, 0.2) is 48.5 Å². The molecule has 4 rings (SSSR count). The van der Waals surface area contributed by atoms with Crippen molar-refractivity contribution < 1.29 is 19.1 Å². The number of ether oxygens (including phenoxy) is 2. The average molecular weight is 393 g/mol. The molecule has 2 aliphatic rings. The number of nitrogens with zero attached hydrogens (tertiary/aromatic N) is 1. The molecule has 0 radical (unpaired) electrons. The van der Waals surface area contributed by atoms with Gasteiger partial charge in [-0.05, 0) is 35.7 Å². The Bertz CT molecular complexity index is 913. The molecule has 1 amide bonds. The maximum absolute atomic E-state index is 12.6. The average Bonchev–Trinajstić information content (AvgIpc) is 2.73. The Morgan fingerprint density at radius 3 is 2.66 bits per heavy atom. The van der Waals surface area contributed by atoms with E-state index in [-0.39, 0.29) is 18.3 Å². The van der Waals surface area contributed by atoms with Gasteiger partial charge in [0, 0.05) is 25.9 Å². The molecule has 0 bridgehead atoms. The highest BCUT2D eigenvalue weighted by molar-refractivity contribution is 6.00. The zero-order valence-corrected chi connectivity index (χ0v) is 17.0. The van der Waals surface area contributed by atoms with Crippen molar-refractivity contribution in [1.82, 2.24) is 4.90 Å². The summed E-state index contributed by atoms with van der Waals surface area (Å²) >= 11 is 0. The second-order valence-electron chi connectivity index (χ2n) is 8.28. The van der Waals surface area contributed by atoms with Gasteiger partial charge in [0.25, 0.3) is 5.91 Å². The molecule has 0 N–H and O–H groups in total. The number of amides is 1. The second kappa shape index (κ2) is 7.90. The Labute approximate surface area is 171 Å². The Kier molecular flexibility index (Phi) is 5.31. The molecule has 0 aromatic heterocycles. The first-order valence-electron chi connectivity index (χ1n) is 10.3. The molecule has 5 nitrogen and oxygen atoms in total. The molecular weight excluding hydrogens is 366 g/mol. The first-order chi connectivity index (χ1) is 14.0. The van der Waals surface area contributed by atoms with E-state index in [9.17, 15) is 9.59 Å². The first kappa shape index (κ1) is 19.5. The highest BCUT2D eigenvalue weighted by atomic mass is 16.5. The highest BCUT2D eigenvalue weighted by Crippen LogP contribution is 2.39. The standard InChI is InChI=1S/C24H27NO4/c1-17(2)18-6-5-7-19(14-18)28-16-23(27)25-12-10-24(11-13-25)15-21(26)20-8-3-4-9-22(20)29-24/h3-9,14,17H,10-13,15-16H2,1-2H3. The Morgan fingerprint density at radius 2 is 1.90 bits per heavy atom. The number of hydrogen-bond donors (Lipinski definition) is 0. The molecule has 152 valence electrons. The predicted octanol–water partition coefficient (Wildman–Crippen LogP) is 4.22. The molecule has 2 aromatic carbocycles. The highest BCUT2D eigenvalue weighted by Gasteiger charge is 2.43. The maximum atomic E-state index is 12.6. The fraction of sp³-hybridized carbons (Fsp3) is 0.417. The molecule has 1 fully saturated rings. The number of benzene rings is 2. The number of carbonyl (C=O) groups excluding carboxylic acids is 2. The van der Waals surface area contributed by atoms with Crippen LogP contribution < -0.4 is 9.47 Å². The normalized spacial score (nSPS) is 17.8. The van der Waals surface area contributed by atoms with Crippen molar-refractivity contribution in [2.45, 2.75) is 44.6 Å². The lowest BCUT2D eigenvalue weighted by Crippen LogP contribution is -2.53. The van der Waals surface area contributed by atoms with Gasteiger partial charge in [-0.3, -0.25) is 9.59 Å². The van der Waals surface area contributed by atoms with Crippen LogP contribution in [0.5, 0.6) is 11.5 Å². The van der Waals surface area contributed by atoms with E-state index in [0.29, 0.717) is 49.6 Å². The van der Waals surface area contributed by atoms with Crippen molar-refractivity contribution in [3.05, 3.63) is 59.7 Å². The van der Waals surface area contributed by atoms with Gasteiger partial charge in [0.2, 0.25) is 0 Å². The van der Waals surface area contributed by atoms with Gasteiger partial charge >= 0.3 is 0 Å². The van der Waals surface area contributed by atoms with Crippen LogP contribution in [0.1, 0.15) is 54.9 Å². The van der Waals surface area contributed by atoms with Crippen LogP contribution in [0.3, 0.4) is 0 Å². The molecule has 2 aliphatic heterocycles. The third kappa shape index (κ3) is 4.14. The maximum Gasteiger partial charge on any atom is 0.260 e. The van der Waals surface area contributed by atoms with E-state index in [1.807, 2.05) is 47.4 Å². The number of likely N-dealkylation sites (tertiary alicyclic amines) is 1. The minimum Gasteiger partial charge on any atom is -0.486 e. The molecule has 0 atom stereocenters. The van der Waals surface area contributed by atoms with Gasteiger partial charge in [-0.15, -0.1) is 0 Å². The molecule has 0 aliphatic carbocycles. The third-order valence-electron chi connectivity index (χ3n) is 5.91. The number of rotatable bonds is 4. The van der Waals surface area contributed by atoms with Gasteiger partial charge < -0.3 is 14.4 Å². The summed E-state index contributed by atoms with van der Waals surface area (Å²) in [5, 5.41) is 0. The number of hydrogen-bond acceptors (Lipinski definition) is 4. The Balaban J connectivity index is 1.33. The molecular formula is C24H27NO4. The van der Waals surface area contributed by atoms with Gasteiger partial charge in [-0.1, -0.05) is 38.1 Å². The Morgan fingerprint density at radius 1 is 1.14 bits per heavy atom. The zero-order valence-electron chi connectivity index (χ0n) is 17.0. The van der Waals surface area contributed by atoms with Gasteiger partial charge in [0.05, 0.1) is 12.0 Å². The molecule has 29 heavy (non-hydrogen) atoms.